The number of oxazole rings is 1. The van der Waals surface area contributed by atoms with Crippen LogP contribution < -0.4 is 10.2 Å². The van der Waals surface area contributed by atoms with Crippen LogP contribution in [0, 0.1) is 0 Å². The second kappa shape index (κ2) is 7.74. The number of amides is 1. The average molecular weight is 422 g/mol. The fourth-order valence-corrected chi connectivity index (χ4v) is 5.42. The van der Waals surface area contributed by atoms with Gasteiger partial charge in [-0.15, -0.1) is 11.8 Å². The zero-order chi connectivity index (χ0) is 19.1. The van der Waals surface area contributed by atoms with Gasteiger partial charge in [-0.3, -0.25) is 9.69 Å². The van der Waals surface area contributed by atoms with Gasteiger partial charge in [0.1, 0.15) is 5.52 Å². The van der Waals surface area contributed by atoms with Crippen LogP contribution in [0.4, 0.5) is 6.01 Å². The molecule has 7 nitrogen and oxygen atoms in total. The smallest absolute Gasteiger partial charge is 0.298 e. The molecule has 0 saturated carbocycles. The highest BCUT2D eigenvalue weighted by Gasteiger charge is 2.37. The Bertz CT molecular complexity index is 863. The van der Waals surface area contributed by atoms with Gasteiger partial charge in [-0.2, -0.15) is 4.98 Å². The van der Waals surface area contributed by atoms with Crippen molar-refractivity contribution in [1.82, 2.24) is 20.1 Å². The van der Waals surface area contributed by atoms with Gasteiger partial charge in [0.25, 0.3) is 6.01 Å². The lowest BCUT2D eigenvalue weighted by Gasteiger charge is -2.37. The summed E-state index contributed by atoms with van der Waals surface area (Å²) in [4.78, 5) is 23.9. The van der Waals surface area contributed by atoms with Gasteiger partial charge in [0.05, 0.1) is 11.9 Å². The summed E-state index contributed by atoms with van der Waals surface area (Å²) < 4.78 is 5.90. The molecule has 0 radical (unpaired) electrons. The van der Waals surface area contributed by atoms with Crippen molar-refractivity contribution in [3.63, 3.8) is 0 Å². The average Bonchev–Trinajstić information content (AvgIpc) is 3.47. The Hall–Kier alpha value is -1.48. The summed E-state index contributed by atoms with van der Waals surface area (Å²) >= 11 is 7.88. The quantitative estimate of drug-likeness (QED) is 0.811. The van der Waals surface area contributed by atoms with Crippen molar-refractivity contribution in [2.24, 2.45) is 0 Å². The highest BCUT2D eigenvalue weighted by molar-refractivity contribution is 7.99. The van der Waals surface area contributed by atoms with Crippen molar-refractivity contribution >= 4 is 46.4 Å². The van der Waals surface area contributed by atoms with Gasteiger partial charge in [0.15, 0.2) is 5.58 Å². The Labute approximate surface area is 173 Å². The van der Waals surface area contributed by atoms with E-state index in [0.717, 1.165) is 68.4 Å². The van der Waals surface area contributed by atoms with Crippen LogP contribution in [0.2, 0.25) is 5.02 Å². The summed E-state index contributed by atoms with van der Waals surface area (Å²) in [5.74, 6) is 2.18. The normalized spacial score (nSPS) is 26.5. The van der Waals surface area contributed by atoms with E-state index in [1.165, 1.54) is 0 Å². The molecule has 9 heteroatoms. The molecule has 3 aliphatic rings. The maximum absolute atomic E-state index is 12.6. The van der Waals surface area contributed by atoms with Crippen molar-refractivity contribution in [2.75, 3.05) is 55.8 Å². The van der Waals surface area contributed by atoms with Gasteiger partial charge < -0.3 is 19.5 Å². The van der Waals surface area contributed by atoms with Crippen LogP contribution >= 0.6 is 23.4 Å². The topological polar surface area (TPSA) is 64.9 Å². The molecule has 1 aromatic carbocycles. The van der Waals surface area contributed by atoms with E-state index >= 15 is 0 Å². The fourth-order valence-electron chi connectivity index (χ4n) is 4.29. The lowest BCUT2D eigenvalue weighted by molar-refractivity contribution is -0.131. The number of piperazine rings is 1. The van der Waals surface area contributed by atoms with E-state index in [2.05, 4.69) is 20.1 Å². The Morgan fingerprint density at radius 1 is 1.25 bits per heavy atom. The molecule has 2 aromatic rings. The van der Waals surface area contributed by atoms with Gasteiger partial charge in [0.2, 0.25) is 5.91 Å². The van der Waals surface area contributed by atoms with Gasteiger partial charge in [-0.25, -0.2) is 0 Å². The van der Waals surface area contributed by atoms with E-state index < -0.39 is 0 Å². The molecule has 0 unspecified atom stereocenters. The summed E-state index contributed by atoms with van der Waals surface area (Å²) in [6.45, 7) is 5.43. The molecule has 28 heavy (non-hydrogen) atoms. The summed E-state index contributed by atoms with van der Waals surface area (Å²) in [5.41, 5.74) is 1.56. The molecule has 4 heterocycles. The zero-order valence-electron chi connectivity index (χ0n) is 15.6. The number of aromatic nitrogens is 1. The Kier molecular flexibility index (Phi) is 5.13. The first-order valence-electron chi connectivity index (χ1n) is 9.82. The van der Waals surface area contributed by atoms with E-state index in [4.69, 9.17) is 16.0 Å². The lowest BCUT2D eigenvalue weighted by Crippen LogP contribution is -2.51. The summed E-state index contributed by atoms with van der Waals surface area (Å²) in [6.07, 6.45) is 0.904. The minimum atomic E-state index is -0.0245. The Balaban J connectivity index is 1.17. The van der Waals surface area contributed by atoms with E-state index in [1.807, 2.05) is 34.9 Å². The largest absolute Gasteiger partial charge is 0.423 e. The van der Waals surface area contributed by atoms with Crippen molar-refractivity contribution in [3.8, 4) is 0 Å². The number of benzene rings is 1. The molecular formula is C19H24ClN5O2S. The molecule has 150 valence electrons. The number of hydrogen-bond acceptors (Lipinski definition) is 7. The standard InChI is InChI=1S/C19H24ClN5O2S/c20-13-1-2-17-15(9-13)22-19(27-17)24-5-3-23(4-6-24)14-10-16(21-11-14)18(26)25-7-8-28-12-25/h1-2,9,14,16,21H,3-8,10-12H2/t14-,16-/m0/s1. The van der Waals surface area contributed by atoms with Crippen LogP contribution in [0.25, 0.3) is 11.1 Å². The predicted molar refractivity (Wildman–Crippen MR) is 112 cm³/mol. The third-order valence-corrected chi connectivity index (χ3v) is 7.11. The van der Waals surface area contributed by atoms with E-state index in [9.17, 15) is 4.79 Å². The number of carbonyl (C=O) groups excluding carboxylic acids is 1. The zero-order valence-corrected chi connectivity index (χ0v) is 17.2. The van der Waals surface area contributed by atoms with Crippen LogP contribution in [0.5, 0.6) is 0 Å². The predicted octanol–water partition coefficient (Wildman–Crippen LogP) is 1.87. The molecular weight excluding hydrogens is 398 g/mol. The summed E-state index contributed by atoms with van der Waals surface area (Å²) in [5, 5.41) is 4.12. The fraction of sp³-hybridized carbons (Fsp3) is 0.579. The van der Waals surface area contributed by atoms with Crippen molar-refractivity contribution < 1.29 is 9.21 Å². The minimum Gasteiger partial charge on any atom is -0.423 e. The molecule has 1 N–H and O–H groups in total. The first-order chi connectivity index (χ1) is 13.7. The molecule has 3 fully saturated rings. The van der Waals surface area contributed by atoms with Crippen LogP contribution in [0.15, 0.2) is 22.6 Å². The first-order valence-corrected chi connectivity index (χ1v) is 11.4. The minimum absolute atomic E-state index is 0.0245. The SMILES string of the molecule is O=C([C@@H]1C[C@H](N2CCN(c3nc4cc(Cl)ccc4o3)CC2)CN1)N1CCSC1. The third kappa shape index (κ3) is 3.58. The van der Waals surface area contributed by atoms with Crippen LogP contribution in [0.1, 0.15) is 6.42 Å². The highest BCUT2D eigenvalue weighted by Crippen LogP contribution is 2.26. The van der Waals surface area contributed by atoms with Crippen molar-refractivity contribution in [3.05, 3.63) is 23.2 Å². The maximum atomic E-state index is 12.6. The second-order valence-corrected chi connectivity index (χ2v) is 9.13. The number of thioether (sulfide) groups is 1. The number of hydrogen-bond donors (Lipinski definition) is 1. The Morgan fingerprint density at radius 2 is 2.11 bits per heavy atom. The number of anilines is 1. The molecule has 5 rings (SSSR count). The number of nitrogens with zero attached hydrogens (tertiary/aromatic N) is 4. The molecule has 2 atom stereocenters. The third-order valence-electron chi connectivity index (χ3n) is 5.91. The number of nitrogens with one attached hydrogen (secondary N) is 1. The Morgan fingerprint density at radius 3 is 2.89 bits per heavy atom. The number of fused-ring (bicyclic) bond motifs is 1. The number of rotatable bonds is 3. The van der Waals surface area contributed by atoms with E-state index in [-0.39, 0.29) is 11.9 Å². The van der Waals surface area contributed by atoms with E-state index in [0.29, 0.717) is 17.1 Å². The molecule has 3 aliphatic heterocycles. The second-order valence-electron chi connectivity index (χ2n) is 7.62. The molecule has 3 saturated heterocycles. The monoisotopic (exact) mass is 421 g/mol. The molecule has 0 spiro atoms. The van der Waals surface area contributed by atoms with Gasteiger partial charge >= 0.3 is 0 Å². The lowest BCUT2D eigenvalue weighted by atomic mass is 10.1. The molecule has 0 aliphatic carbocycles. The van der Waals surface area contributed by atoms with Gasteiger partial charge in [0, 0.05) is 56.1 Å². The summed E-state index contributed by atoms with van der Waals surface area (Å²) in [7, 11) is 0. The molecule has 1 aromatic heterocycles. The van der Waals surface area contributed by atoms with Crippen molar-refractivity contribution in [1.29, 1.82) is 0 Å². The number of carbonyl (C=O) groups is 1. The van der Waals surface area contributed by atoms with Crippen LogP contribution in [-0.2, 0) is 4.79 Å². The van der Waals surface area contributed by atoms with Gasteiger partial charge in [-0.05, 0) is 24.6 Å². The van der Waals surface area contributed by atoms with E-state index in [1.54, 1.807) is 0 Å². The van der Waals surface area contributed by atoms with Crippen molar-refractivity contribution in [2.45, 2.75) is 18.5 Å². The molecule has 0 bridgehead atoms. The summed E-state index contributed by atoms with van der Waals surface area (Å²) in [6, 6.07) is 6.59. The van der Waals surface area contributed by atoms with Gasteiger partial charge in [-0.1, -0.05) is 11.6 Å². The molecule has 1 amide bonds. The van der Waals surface area contributed by atoms with Crippen LogP contribution in [0.3, 0.4) is 0 Å². The highest BCUT2D eigenvalue weighted by atomic mass is 35.5. The van der Waals surface area contributed by atoms with Crippen LogP contribution in [-0.4, -0.2) is 83.7 Å². The number of halogens is 1. The first kappa shape index (κ1) is 18.5. The maximum Gasteiger partial charge on any atom is 0.298 e.